The van der Waals surface area contributed by atoms with Crippen LogP contribution in [0.25, 0.3) is 0 Å². The van der Waals surface area contributed by atoms with E-state index >= 15 is 0 Å². The highest BCUT2D eigenvalue weighted by atomic mass is 32.2. The van der Waals surface area contributed by atoms with Gasteiger partial charge < -0.3 is 42.0 Å². The topological polar surface area (TPSA) is 237 Å². The number of H-pyrrole nitrogens is 1. The highest BCUT2D eigenvalue weighted by Crippen LogP contribution is 2.12. The Hall–Kier alpha value is -4.11. The number of aliphatic carboxylic acids is 2. The van der Waals surface area contributed by atoms with Crippen molar-refractivity contribution in [3.05, 3.63) is 48.0 Å². The highest BCUT2D eigenvalue weighted by Gasteiger charge is 2.31. The van der Waals surface area contributed by atoms with Gasteiger partial charge >= 0.3 is 11.9 Å². The summed E-state index contributed by atoms with van der Waals surface area (Å²) in [6.45, 7) is 0. The van der Waals surface area contributed by atoms with Crippen molar-refractivity contribution in [2.45, 2.75) is 49.9 Å². The van der Waals surface area contributed by atoms with Crippen molar-refractivity contribution in [2.75, 3.05) is 12.0 Å². The minimum atomic E-state index is -1.73. The van der Waals surface area contributed by atoms with Crippen LogP contribution in [0, 0.1) is 0 Å². The van der Waals surface area contributed by atoms with Crippen molar-refractivity contribution in [3.63, 3.8) is 0 Å². The molecule has 4 atom stereocenters. The third-order valence-corrected chi connectivity index (χ3v) is 6.22. The maximum atomic E-state index is 13.3. The number of phenols is 1. The molecule has 4 unspecified atom stereocenters. The number of imidazole rings is 1. The van der Waals surface area contributed by atoms with Crippen LogP contribution in [-0.4, -0.2) is 91.1 Å². The number of rotatable bonds is 16. The number of aromatic amines is 1. The van der Waals surface area contributed by atoms with Crippen molar-refractivity contribution in [3.8, 4) is 5.75 Å². The van der Waals surface area contributed by atoms with Crippen LogP contribution < -0.4 is 21.7 Å². The van der Waals surface area contributed by atoms with E-state index in [0.29, 0.717) is 17.0 Å². The van der Waals surface area contributed by atoms with E-state index in [1.807, 2.05) is 6.26 Å². The van der Waals surface area contributed by atoms with Crippen LogP contribution in [-0.2, 0) is 36.8 Å². The number of thioether (sulfide) groups is 1. The molecule has 2 rings (SSSR count). The molecule has 2 aromatic rings. The molecule has 212 valence electrons. The number of carbonyl (C=O) groups excluding carboxylic acids is 3. The Labute approximate surface area is 228 Å². The second kappa shape index (κ2) is 15.3. The molecular weight excluding hydrogens is 532 g/mol. The van der Waals surface area contributed by atoms with Crippen LogP contribution in [0.1, 0.15) is 24.1 Å². The first-order valence-corrected chi connectivity index (χ1v) is 13.2. The van der Waals surface area contributed by atoms with E-state index in [1.54, 1.807) is 0 Å². The summed E-state index contributed by atoms with van der Waals surface area (Å²) in [5, 5.41) is 35.2. The smallest absolute Gasteiger partial charge is 0.326 e. The number of nitrogens with one attached hydrogen (secondary N) is 4. The monoisotopic (exact) mass is 564 g/mol. The van der Waals surface area contributed by atoms with Crippen molar-refractivity contribution >= 4 is 41.4 Å². The van der Waals surface area contributed by atoms with Crippen LogP contribution in [0.15, 0.2) is 36.8 Å². The van der Waals surface area contributed by atoms with Crippen LogP contribution in [0.3, 0.4) is 0 Å². The fourth-order valence-electron chi connectivity index (χ4n) is 3.51. The largest absolute Gasteiger partial charge is 0.508 e. The zero-order valence-electron chi connectivity index (χ0n) is 21.1. The van der Waals surface area contributed by atoms with Crippen molar-refractivity contribution in [1.29, 1.82) is 0 Å². The SMILES string of the molecule is CSCCC(NC(=O)C(N)Cc1cnc[nH]1)C(=O)NC(Cc1ccc(O)cc1)C(=O)NC(CC(=O)O)C(=O)O. The van der Waals surface area contributed by atoms with E-state index in [2.05, 4.69) is 25.9 Å². The summed E-state index contributed by atoms with van der Waals surface area (Å²) in [5.74, 6) is -4.78. The van der Waals surface area contributed by atoms with Gasteiger partial charge in [0.2, 0.25) is 17.7 Å². The van der Waals surface area contributed by atoms with Gasteiger partial charge in [0, 0.05) is 24.7 Å². The number of carboxylic acid groups (broad SMARTS) is 2. The lowest BCUT2D eigenvalue weighted by atomic mass is 10.0. The predicted octanol–water partition coefficient (Wildman–Crippen LogP) is -1.01. The van der Waals surface area contributed by atoms with E-state index in [-0.39, 0.29) is 25.0 Å². The quantitative estimate of drug-likeness (QED) is 0.123. The fourth-order valence-corrected chi connectivity index (χ4v) is 3.98. The second-order valence-electron chi connectivity index (χ2n) is 8.66. The lowest BCUT2D eigenvalue weighted by Crippen LogP contribution is -2.58. The Morgan fingerprint density at radius 1 is 0.949 bits per heavy atom. The van der Waals surface area contributed by atoms with Gasteiger partial charge in [0.1, 0.15) is 23.9 Å². The summed E-state index contributed by atoms with van der Waals surface area (Å²) < 4.78 is 0. The maximum Gasteiger partial charge on any atom is 0.326 e. The van der Waals surface area contributed by atoms with Crippen molar-refractivity contribution < 1.29 is 39.3 Å². The number of aromatic nitrogens is 2. The molecule has 9 N–H and O–H groups in total. The summed E-state index contributed by atoms with van der Waals surface area (Å²) in [4.78, 5) is 68.3. The van der Waals surface area contributed by atoms with E-state index in [1.165, 1.54) is 48.6 Å². The number of nitrogens with zero attached hydrogens (tertiary/aromatic N) is 1. The number of benzene rings is 1. The standard InChI is InChI=1S/C24H32N6O8S/c1-39-7-6-17(28-21(34)16(25)9-14-11-26-12-27-14)22(35)29-18(8-13-2-4-15(31)5-3-13)23(36)30-19(24(37)38)10-20(32)33/h2-5,11-12,16-19,31H,6-10,25H2,1H3,(H,26,27)(H,28,34)(H,29,35)(H,30,36)(H,32,33)(H,37,38). The first kappa shape index (κ1) is 31.1. The Kier molecular flexibility index (Phi) is 12.2. The number of hydrogen-bond acceptors (Lipinski definition) is 9. The van der Waals surface area contributed by atoms with Crippen LogP contribution in [0.4, 0.5) is 0 Å². The fraction of sp³-hybridized carbons (Fsp3) is 0.417. The summed E-state index contributed by atoms with van der Waals surface area (Å²) >= 11 is 1.43. The van der Waals surface area contributed by atoms with E-state index in [9.17, 15) is 34.2 Å². The number of hydrogen-bond donors (Lipinski definition) is 8. The molecule has 0 saturated heterocycles. The number of nitrogens with two attached hydrogens (primary N) is 1. The van der Waals surface area contributed by atoms with Gasteiger partial charge in [-0.25, -0.2) is 9.78 Å². The zero-order valence-corrected chi connectivity index (χ0v) is 21.9. The van der Waals surface area contributed by atoms with Gasteiger partial charge in [-0.05, 0) is 36.1 Å². The molecule has 0 aliphatic heterocycles. The number of carboxylic acids is 2. The molecule has 0 saturated carbocycles. The van der Waals surface area contributed by atoms with E-state index in [4.69, 9.17) is 10.8 Å². The van der Waals surface area contributed by atoms with Crippen LogP contribution in [0.2, 0.25) is 0 Å². The van der Waals surface area contributed by atoms with Gasteiger partial charge in [-0.1, -0.05) is 12.1 Å². The predicted molar refractivity (Wildman–Crippen MR) is 141 cm³/mol. The van der Waals surface area contributed by atoms with Gasteiger partial charge in [-0.3, -0.25) is 19.2 Å². The number of carbonyl (C=O) groups is 5. The molecule has 1 aromatic carbocycles. The summed E-state index contributed by atoms with van der Waals surface area (Å²) in [7, 11) is 0. The average Bonchev–Trinajstić information content (AvgIpc) is 3.39. The van der Waals surface area contributed by atoms with Crippen LogP contribution >= 0.6 is 11.8 Å². The van der Waals surface area contributed by atoms with Crippen LogP contribution in [0.5, 0.6) is 5.75 Å². The Bertz CT molecular complexity index is 1130. The number of aromatic hydroxyl groups is 1. The molecule has 15 heteroatoms. The maximum absolute atomic E-state index is 13.3. The third kappa shape index (κ3) is 10.6. The van der Waals surface area contributed by atoms with Crippen molar-refractivity contribution in [1.82, 2.24) is 25.9 Å². The average molecular weight is 565 g/mol. The Morgan fingerprint density at radius 3 is 2.13 bits per heavy atom. The molecule has 1 aromatic heterocycles. The lowest BCUT2D eigenvalue weighted by Gasteiger charge is -2.25. The first-order chi connectivity index (χ1) is 18.5. The van der Waals surface area contributed by atoms with Gasteiger partial charge in [0.05, 0.1) is 18.8 Å². The van der Waals surface area contributed by atoms with Gasteiger partial charge in [-0.2, -0.15) is 11.8 Å². The molecule has 0 radical (unpaired) electrons. The number of amides is 3. The van der Waals surface area contributed by atoms with Gasteiger partial charge in [-0.15, -0.1) is 0 Å². The second-order valence-corrected chi connectivity index (χ2v) is 9.64. The molecule has 39 heavy (non-hydrogen) atoms. The molecule has 14 nitrogen and oxygen atoms in total. The normalized spacial score (nSPS) is 13.9. The molecule has 0 aliphatic rings. The molecule has 3 amide bonds. The molecule has 1 heterocycles. The van der Waals surface area contributed by atoms with E-state index in [0.717, 1.165) is 0 Å². The minimum absolute atomic E-state index is 0.0255. The Morgan fingerprint density at radius 2 is 1.56 bits per heavy atom. The minimum Gasteiger partial charge on any atom is -0.508 e. The third-order valence-electron chi connectivity index (χ3n) is 5.58. The molecule has 0 spiro atoms. The Balaban J connectivity index is 2.21. The highest BCUT2D eigenvalue weighted by molar-refractivity contribution is 7.98. The van der Waals surface area contributed by atoms with Gasteiger partial charge in [0.15, 0.2) is 0 Å². The molecular formula is C24H32N6O8S. The summed E-state index contributed by atoms with van der Waals surface area (Å²) in [5.41, 5.74) is 7.13. The molecule has 0 fully saturated rings. The lowest BCUT2D eigenvalue weighted by molar-refractivity contribution is -0.147. The summed E-state index contributed by atoms with van der Waals surface area (Å²) in [6.07, 6.45) is 4.15. The van der Waals surface area contributed by atoms with Crippen molar-refractivity contribution in [2.24, 2.45) is 5.73 Å². The molecule has 0 aliphatic carbocycles. The number of phenolic OH excluding ortho intramolecular Hbond substituents is 1. The summed E-state index contributed by atoms with van der Waals surface area (Å²) in [6, 6.07) is 0.648. The van der Waals surface area contributed by atoms with E-state index < -0.39 is 60.2 Å². The first-order valence-electron chi connectivity index (χ1n) is 11.9. The van der Waals surface area contributed by atoms with Gasteiger partial charge in [0.25, 0.3) is 0 Å². The molecule has 0 bridgehead atoms. The zero-order chi connectivity index (χ0) is 28.9.